The molecule has 1 heterocycles. The summed E-state index contributed by atoms with van der Waals surface area (Å²) >= 11 is 1.39. The van der Waals surface area contributed by atoms with Crippen LogP contribution in [0.15, 0.2) is 47.6 Å². The average Bonchev–Trinajstić information content (AvgIpc) is 3.07. The Morgan fingerprint density at radius 1 is 1.13 bits per heavy atom. The summed E-state index contributed by atoms with van der Waals surface area (Å²) in [6, 6.07) is 8.34. The average molecular weight is 436 g/mol. The number of amides is 1. The van der Waals surface area contributed by atoms with Gasteiger partial charge in [0.2, 0.25) is 0 Å². The number of nitrogens with zero attached hydrogens (tertiary/aromatic N) is 3. The van der Waals surface area contributed by atoms with Crippen LogP contribution in [0.25, 0.3) is 0 Å². The lowest BCUT2D eigenvalue weighted by Crippen LogP contribution is -2.30. The van der Waals surface area contributed by atoms with Crippen LogP contribution in [0.3, 0.4) is 0 Å². The third kappa shape index (κ3) is 5.12. The molecule has 6 nitrogen and oxygen atoms in total. The predicted octanol–water partition coefficient (Wildman–Crippen LogP) is 3.89. The molecule has 3 aromatic rings. The molecule has 0 fully saturated rings. The molecule has 2 aromatic carbocycles. The van der Waals surface area contributed by atoms with Crippen molar-refractivity contribution in [2.75, 3.05) is 12.4 Å². The summed E-state index contributed by atoms with van der Waals surface area (Å²) in [7, 11) is 1.73. The van der Waals surface area contributed by atoms with Crippen molar-refractivity contribution in [3.05, 3.63) is 71.3 Å². The molecule has 0 saturated carbocycles. The van der Waals surface area contributed by atoms with E-state index < -0.39 is 29.1 Å². The summed E-state index contributed by atoms with van der Waals surface area (Å²) in [6.07, 6.45) is 0. The SMILES string of the molecule is C[C@H](NC(=O)c1c(F)cccc1F)c1nnc(SCCOc2ccc(F)cc2)n1C. The number of carbonyl (C=O) groups is 1. The van der Waals surface area contributed by atoms with Crippen molar-refractivity contribution >= 4 is 17.7 Å². The first-order valence-electron chi connectivity index (χ1n) is 9.02. The summed E-state index contributed by atoms with van der Waals surface area (Å²) in [4.78, 5) is 12.3. The van der Waals surface area contributed by atoms with E-state index in [1.165, 1.54) is 30.0 Å². The van der Waals surface area contributed by atoms with E-state index in [0.29, 0.717) is 29.1 Å². The van der Waals surface area contributed by atoms with Gasteiger partial charge in [-0.2, -0.15) is 0 Å². The van der Waals surface area contributed by atoms with Crippen LogP contribution < -0.4 is 10.1 Å². The van der Waals surface area contributed by atoms with Crippen LogP contribution in [-0.4, -0.2) is 33.0 Å². The Kier molecular flexibility index (Phi) is 6.99. The van der Waals surface area contributed by atoms with Crippen molar-refractivity contribution < 1.29 is 22.7 Å². The molecule has 10 heteroatoms. The molecule has 0 bridgehead atoms. The van der Waals surface area contributed by atoms with Crippen molar-refractivity contribution in [1.29, 1.82) is 0 Å². The van der Waals surface area contributed by atoms with Gasteiger partial charge < -0.3 is 14.6 Å². The third-order valence-corrected chi connectivity index (χ3v) is 5.17. The number of hydrogen-bond donors (Lipinski definition) is 1. The first-order chi connectivity index (χ1) is 14.4. The summed E-state index contributed by atoms with van der Waals surface area (Å²) in [5, 5.41) is 11.3. The lowest BCUT2D eigenvalue weighted by molar-refractivity contribution is 0.0929. The number of thioether (sulfide) groups is 1. The van der Waals surface area contributed by atoms with Gasteiger partial charge in [-0.1, -0.05) is 17.8 Å². The van der Waals surface area contributed by atoms with Crippen LogP contribution in [0.4, 0.5) is 13.2 Å². The molecule has 3 rings (SSSR count). The quantitative estimate of drug-likeness (QED) is 0.429. The number of halogens is 3. The molecule has 0 unspecified atom stereocenters. The summed E-state index contributed by atoms with van der Waals surface area (Å²) in [5.74, 6) is -1.52. The van der Waals surface area contributed by atoms with E-state index in [1.807, 2.05) is 0 Å². The van der Waals surface area contributed by atoms with Gasteiger partial charge in [-0.3, -0.25) is 4.79 Å². The maximum Gasteiger partial charge on any atom is 0.257 e. The van der Waals surface area contributed by atoms with Gasteiger partial charge in [-0.25, -0.2) is 13.2 Å². The number of hydrogen-bond acceptors (Lipinski definition) is 5. The molecular formula is C20H19F3N4O2S. The van der Waals surface area contributed by atoms with E-state index in [1.54, 1.807) is 30.7 Å². The Balaban J connectivity index is 1.56. The van der Waals surface area contributed by atoms with Crippen LogP contribution in [-0.2, 0) is 7.05 Å². The van der Waals surface area contributed by atoms with Gasteiger partial charge in [-0.15, -0.1) is 10.2 Å². The Bertz CT molecular complexity index is 1010. The van der Waals surface area contributed by atoms with Gasteiger partial charge in [0.05, 0.1) is 12.6 Å². The summed E-state index contributed by atoms with van der Waals surface area (Å²) in [5.41, 5.74) is -0.640. The molecular weight excluding hydrogens is 417 g/mol. The zero-order valence-electron chi connectivity index (χ0n) is 16.2. The van der Waals surface area contributed by atoms with Crippen molar-refractivity contribution in [3.8, 4) is 5.75 Å². The summed E-state index contributed by atoms with van der Waals surface area (Å²) < 4.78 is 47.7. The highest BCUT2D eigenvalue weighted by atomic mass is 32.2. The molecule has 0 aliphatic carbocycles. The molecule has 1 amide bonds. The number of nitrogens with one attached hydrogen (secondary N) is 1. The van der Waals surface area contributed by atoms with Gasteiger partial charge in [0.1, 0.15) is 28.8 Å². The minimum absolute atomic E-state index is 0.331. The molecule has 1 atom stereocenters. The second-order valence-corrected chi connectivity index (χ2v) is 7.40. The highest BCUT2D eigenvalue weighted by Crippen LogP contribution is 2.20. The van der Waals surface area contributed by atoms with Crippen molar-refractivity contribution in [1.82, 2.24) is 20.1 Å². The zero-order valence-corrected chi connectivity index (χ0v) is 17.0. The first kappa shape index (κ1) is 21.7. The predicted molar refractivity (Wildman–Crippen MR) is 106 cm³/mol. The van der Waals surface area contributed by atoms with E-state index in [9.17, 15) is 18.0 Å². The first-order valence-corrected chi connectivity index (χ1v) is 10.0. The second kappa shape index (κ2) is 9.66. The lowest BCUT2D eigenvalue weighted by atomic mass is 10.1. The largest absolute Gasteiger partial charge is 0.493 e. The van der Waals surface area contributed by atoms with Gasteiger partial charge in [-0.05, 0) is 43.3 Å². The number of ether oxygens (including phenoxy) is 1. The molecule has 0 radical (unpaired) electrons. The molecule has 30 heavy (non-hydrogen) atoms. The van der Waals surface area contributed by atoms with Crippen LogP contribution in [0, 0.1) is 17.5 Å². The van der Waals surface area contributed by atoms with Crippen molar-refractivity contribution in [3.63, 3.8) is 0 Å². The standard InChI is InChI=1S/C20H19F3N4O2S/c1-12(24-19(28)17-15(22)4-3-5-16(17)23)18-25-26-20(27(18)2)30-11-10-29-14-8-6-13(21)7-9-14/h3-9,12H,10-11H2,1-2H3,(H,24,28)/t12-/m0/s1. The minimum Gasteiger partial charge on any atom is -0.493 e. The molecule has 0 aliphatic heterocycles. The molecule has 158 valence electrons. The van der Waals surface area contributed by atoms with Crippen molar-refractivity contribution in [2.24, 2.45) is 7.05 Å². The highest BCUT2D eigenvalue weighted by molar-refractivity contribution is 7.99. The van der Waals surface area contributed by atoms with Crippen LogP contribution in [0.1, 0.15) is 29.1 Å². The molecule has 0 aliphatic rings. The lowest BCUT2D eigenvalue weighted by Gasteiger charge is -2.14. The Morgan fingerprint density at radius 2 is 1.80 bits per heavy atom. The van der Waals surface area contributed by atoms with Crippen LogP contribution >= 0.6 is 11.8 Å². The Morgan fingerprint density at radius 3 is 2.47 bits per heavy atom. The van der Waals surface area contributed by atoms with E-state index in [-0.39, 0.29) is 5.82 Å². The van der Waals surface area contributed by atoms with E-state index >= 15 is 0 Å². The van der Waals surface area contributed by atoms with Crippen LogP contribution in [0.2, 0.25) is 0 Å². The number of rotatable bonds is 8. The van der Waals surface area contributed by atoms with E-state index in [4.69, 9.17) is 4.74 Å². The number of benzene rings is 2. The number of carbonyl (C=O) groups excluding carboxylic acids is 1. The molecule has 0 spiro atoms. The van der Waals surface area contributed by atoms with Gasteiger partial charge in [0.25, 0.3) is 5.91 Å². The fourth-order valence-corrected chi connectivity index (χ4v) is 3.44. The zero-order chi connectivity index (χ0) is 21.7. The maximum atomic E-state index is 13.8. The molecule has 1 N–H and O–H groups in total. The molecule has 1 aromatic heterocycles. The van der Waals surface area contributed by atoms with Crippen LogP contribution in [0.5, 0.6) is 5.75 Å². The van der Waals surface area contributed by atoms with Crippen molar-refractivity contribution in [2.45, 2.75) is 18.1 Å². The fraction of sp³-hybridized carbons (Fsp3) is 0.250. The minimum atomic E-state index is -0.935. The third-order valence-electron chi connectivity index (χ3n) is 4.19. The van der Waals surface area contributed by atoms with Gasteiger partial charge in [0.15, 0.2) is 11.0 Å². The van der Waals surface area contributed by atoms with Gasteiger partial charge >= 0.3 is 0 Å². The smallest absolute Gasteiger partial charge is 0.257 e. The molecule has 0 saturated heterocycles. The maximum absolute atomic E-state index is 13.8. The van der Waals surface area contributed by atoms with Gasteiger partial charge in [0, 0.05) is 12.8 Å². The van der Waals surface area contributed by atoms with E-state index in [2.05, 4.69) is 15.5 Å². The normalized spacial score (nSPS) is 11.9. The second-order valence-electron chi connectivity index (χ2n) is 6.34. The topological polar surface area (TPSA) is 69.0 Å². The fourth-order valence-electron chi connectivity index (χ4n) is 2.70. The Labute approximate surface area is 175 Å². The van der Waals surface area contributed by atoms with E-state index in [0.717, 1.165) is 12.1 Å². The summed E-state index contributed by atoms with van der Waals surface area (Å²) in [6.45, 7) is 2.02. The number of aromatic nitrogens is 3. The highest BCUT2D eigenvalue weighted by Gasteiger charge is 2.22. The Hall–Kier alpha value is -3.01. The monoisotopic (exact) mass is 436 g/mol.